The Hall–Kier alpha value is -3.65. The van der Waals surface area contributed by atoms with Crippen molar-refractivity contribution in [3.63, 3.8) is 0 Å². The Morgan fingerprint density at radius 1 is 1.10 bits per heavy atom. The number of rotatable bonds is 5. The zero-order valence-electron chi connectivity index (χ0n) is 16.6. The summed E-state index contributed by atoms with van der Waals surface area (Å²) >= 11 is 3.32. The largest absolute Gasteiger partial charge is 0.329 e. The number of nitrogens with one attached hydrogen (secondary N) is 2. The van der Waals surface area contributed by atoms with Crippen LogP contribution in [0.4, 0.5) is 10.5 Å². The van der Waals surface area contributed by atoms with Crippen LogP contribution in [0.1, 0.15) is 11.3 Å². The van der Waals surface area contributed by atoms with E-state index in [-0.39, 0.29) is 12.2 Å². The molecule has 0 saturated carbocycles. The lowest BCUT2D eigenvalue weighted by atomic mass is 10.2. The van der Waals surface area contributed by atoms with Gasteiger partial charge in [-0.1, -0.05) is 34.1 Å². The monoisotopic (exact) mass is 478 g/mol. The van der Waals surface area contributed by atoms with Crippen molar-refractivity contribution >= 4 is 45.5 Å². The van der Waals surface area contributed by atoms with E-state index in [4.69, 9.17) is 0 Å². The highest BCUT2D eigenvalue weighted by Gasteiger charge is 2.35. The van der Waals surface area contributed by atoms with Crippen molar-refractivity contribution in [2.75, 3.05) is 11.9 Å². The number of aryl methyl sites for hydroxylation is 1. The third-order valence-corrected chi connectivity index (χ3v) is 5.30. The minimum atomic E-state index is -0.624. The van der Waals surface area contributed by atoms with Gasteiger partial charge in [-0.05, 0) is 61.0 Å². The summed E-state index contributed by atoms with van der Waals surface area (Å²) in [6.45, 7) is 1.59. The van der Waals surface area contributed by atoms with Gasteiger partial charge in [-0.25, -0.2) is 9.69 Å². The second-order valence-corrected chi connectivity index (χ2v) is 7.97. The minimum absolute atomic E-state index is 0.131. The van der Waals surface area contributed by atoms with E-state index in [1.165, 1.54) is 0 Å². The number of urea groups is 1. The highest BCUT2D eigenvalue weighted by Crippen LogP contribution is 2.20. The molecular formula is C23H19BrN4O3. The third kappa shape index (κ3) is 4.59. The SMILES string of the molecule is Cc1cc(/C=C2/NC(=O)N(CC(=O)Nc3ccc(Br)cc3)C2=O)cn1-c1ccccc1. The molecule has 2 heterocycles. The van der Waals surface area contributed by atoms with Crippen LogP contribution in [-0.2, 0) is 9.59 Å². The Morgan fingerprint density at radius 2 is 1.81 bits per heavy atom. The summed E-state index contributed by atoms with van der Waals surface area (Å²) in [4.78, 5) is 38.2. The van der Waals surface area contributed by atoms with Gasteiger partial charge in [0.05, 0.1) is 0 Å². The molecular weight excluding hydrogens is 460 g/mol. The number of hydrogen-bond acceptors (Lipinski definition) is 3. The van der Waals surface area contributed by atoms with Crippen LogP contribution >= 0.6 is 15.9 Å². The third-order valence-electron chi connectivity index (χ3n) is 4.77. The van der Waals surface area contributed by atoms with Crippen molar-refractivity contribution in [1.29, 1.82) is 0 Å². The van der Waals surface area contributed by atoms with E-state index >= 15 is 0 Å². The average Bonchev–Trinajstić information content (AvgIpc) is 3.24. The van der Waals surface area contributed by atoms with Crippen LogP contribution in [0.5, 0.6) is 0 Å². The van der Waals surface area contributed by atoms with Crippen LogP contribution in [0.2, 0.25) is 0 Å². The summed E-state index contributed by atoms with van der Waals surface area (Å²) in [6.07, 6.45) is 3.50. The Morgan fingerprint density at radius 3 is 2.52 bits per heavy atom. The Balaban J connectivity index is 1.47. The normalized spacial score (nSPS) is 14.8. The van der Waals surface area contributed by atoms with E-state index in [9.17, 15) is 14.4 Å². The number of para-hydroxylation sites is 1. The van der Waals surface area contributed by atoms with Crippen molar-refractivity contribution in [3.8, 4) is 5.69 Å². The maximum atomic E-state index is 12.7. The molecule has 0 aliphatic carbocycles. The average molecular weight is 479 g/mol. The fourth-order valence-electron chi connectivity index (χ4n) is 3.30. The number of carbonyl (C=O) groups excluding carboxylic acids is 3. The van der Waals surface area contributed by atoms with Crippen molar-refractivity contribution in [1.82, 2.24) is 14.8 Å². The lowest BCUT2D eigenvalue weighted by molar-refractivity contribution is -0.127. The molecule has 0 unspecified atom stereocenters. The molecule has 0 spiro atoms. The van der Waals surface area contributed by atoms with Gasteiger partial charge in [-0.2, -0.15) is 0 Å². The van der Waals surface area contributed by atoms with Crippen molar-refractivity contribution in [3.05, 3.63) is 88.3 Å². The number of amides is 4. The highest BCUT2D eigenvalue weighted by atomic mass is 79.9. The summed E-state index contributed by atoms with van der Waals surface area (Å²) in [6, 6.07) is 18.1. The van der Waals surface area contributed by atoms with Gasteiger partial charge in [-0.15, -0.1) is 0 Å². The predicted molar refractivity (Wildman–Crippen MR) is 121 cm³/mol. The first kappa shape index (κ1) is 20.6. The first-order chi connectivity index (χ1) is 14.9. The summed E-state index contributed by atoms with van der Waals surface area (Å²) in [5.41, 5.74) is 3.46. The van der Waals surface area contributed by atoms with Crippen LogP contribution in [-0.4, -0.2) is 33.9 Å². The number of halogens is 1. The topological polar surface area (TPSA) is 83.4 Å². The van der Waals surface area contributed by atoms with Crippen LogP contribution in [0.3, 0.4) is 0 Å². The summed E-state index contributed by atoms with van der Waals surface area (Å²) in [7, 11) is 0. The fourth-order valence-corrected chi connectivity index (χ4v) is 3.57. The summed E-state index contributed by atoms with van der Waals surface area (Å²) in [5.74, 6) is -1.00. The second kappa shape index (κ2) is 8.61. The Bertz CT molecular complexity index is 1180. The number of aromatic nitrogens is 1. The molecule has 31 heavy (non-hydrogen) atoms. The number of hydrogen-bond donors (Lipinski definition) is 2. The van der Waals surface area contributed by atoms with Gasteiger partial charge in [-0.3, -0.25) is 9.59 Å². The van der Waals surface area contributed by atoms with Crippen LogP contribution in [0.15, 0.2) is 77.0 Å². The molecule has 2 aromatic carbocycles. The summed E-state index contributed by atoms with van der Waals surface area (Å²) < 4.78 is 2.88. The lowest BCUT2D eigenvalue weighted by Gasteiger charge is -2.12. The number of carbonyl (C=O) groups is 3. The van der Waals surface area contributed by atoms with Gasteiger partial charge < -0.3 is 15.2 Å². The van der Waals surface area contributed by atoms with E-state index in [0.717, 1.165) is 26.3 Å². The molecule has 7 nitrogen and oxygen atoms in total. The zero-order valence-corrected chi connectivity index (χ0v) is 18.2. The molecule has 2 N–H and O–H groups in total. The number of imide groups is 1. The quantitative estimate of drug-likeness (QED) is 0.428. The first-order valence-corrected chi connectivity index (χ1v) is 10.3. The molecule has 1 aliphatic rings. The van der Waals surface area contributed by atoms with E-state index < -0.39 is 17.8 Å². The maximum absolute atomic E-state index is 12.7. The standard InChI is InChI=1S/C23H19BrN4O3/c1-15-11-16(13-27(15)19-5-3-2-4-6-19)12-20-22(30)28(23(31)26-20)14-21(29)25-18-9-7-17(24)8-10-18/h2-13H,14H2,1H3,(H,25,29)(H,26,31)/b20-12+. The number of nitrogens with zero attached hydrogens (tertiary/aromatic N) is 2. The first-order valence-electron chi connectivity index (χ1n) is 9.55. The van der Waals surface area contributed by atoms with Crippen LogP contribution < -0.4 is 10.6 Å². The molecule has 8 heteroatoms. The Labute approximate surface area is 187 Å². The molecule has 4 amide bonds. The number of benzene rings is 2. The summed E-state index contributed by atoms with van der Waals surface area (Å²) in [5, 5.41) is 5.22. The van der Waals surface area contributed by atoms with Crippen molar-refractivity contribution in [2.24, 2.45) is 0 Å². The molecule has 0 radical (unpaired) electrons. The smallest absolute Gasteiger partial charge is 0.325 e. The lowest BCUT2D eigenvalue weighted by Crippen LogP contribution is -2.38. The molecule has 156 valence electrons. The number of anilines is 1. The fraction of sp³-hybridized carbons (Fsp3) is 0.0870. The van der Waals surface area contributed by atoms with Crippen LogP contribution in [0.25, 0.3) is 11.8 Å². The van der Waals surface area contributed by atoms with Crippen molar-refractivity contribution in [2.45, 2.75) is 6.92 Å². The van der Waals surface area contributed by atoms with Gasteiger partial charge in [0, 0.05) is 27.7 Å². The second-order valence-electron chi connectivity index (χ2n) is 7.05. The van der Waals surface area contributed by atoms with Gasteiger partial charge in [0.2, 0.25) is 5.91 Å². The predicted octanol–water partition coefficient (Wildman–Crippen LogP) is 4.08. The van der Waals surface area contributed by atoms with E-state index in [1.807, 2.05) is 54.1 Å². The molecule has 0 bridgehead atoms. The molecule has 4 rings (SSSR count). The molecule has 3 aromatic rings. The van der Waals surface area contributed by atoms with Crippen molar-refractivity contribution < 1.29 is 14.4 Å². The van der Waals surface area contributed by atoms with Gasteiger partial charge >= 0.3 is 6.03 Å². The molecule has 0 atom stereocenters. The van der Waals surface area contributed by atoms with Gasteiger partial charge in [0.25, 0.3) is 5.91 Å². The zero-order chi connectivity index (χ0) is 22.0. The molecule has 1 saturated heterocycles. The van der Waals surface area contributed by atoms with E-state index in [2.05, 4.69) is 26.6 Å². The van der Waals surface area contributed by atoms with Crippen LogP contribution in [0, 0.1) is 6.92 Å². The maximum Gasteiger partial charge on any atom is 0.329 e. The molecule has 1 aromatic heterocycles. The Kier molecular flexibility index (Phi) is 5.73. The van der Waals surface area contributed by atoms with E-state index in [1.54, 1.807) is 30.3 Å². The van der Waals surface area contributed by atoms with E-state index in [0.29, 0.717) is 5.69 Å². The van der Waals surface area contributed by atoms with Gasteiger partial charge in [0.15, 0.2) is 0 Å². The molecule has 1 aliphatic heterocycles. The highest BCUT2D eigenvalue weighted by molar-refractivity contribution is 9.10. The van der Waals surface area contributed by atoms with Gasteiger partial charge in [0.1, 0.15) is 12.2 Å². The minimum Gasteiger partial charge on any atom is -0.325 e. The molecule has 1 fully saturated rings.